The molecule has 0 saturated carbocycles. The Labute approximate surface area is 473 Å². The molecule has 0 unspecified atom stereocenters. The van der Waals surface area contributed by atoms with Crippen LogP contribution in [0.15, 0.2) is 0 Å². The second kappa shape index (κ2) is 67.2. The minimum absolute atomic E-state index is 1.37. The van der Waals surface area contributed by atoms with Crippen molar-refractivity contribution in [1.29, 1.82) is 0 Å². The molecule has 446 valence electrons. The Morgan fingerprint density at radius 3 is 0.284 bits per heavy atom. The zero-order valence-electron chi connectivity index (χ0n) is 53.2. The molecule has 0 aliphatic heterocycles. The highest BCUT2D eigenvalue weighted by Gasteiger charge is 2.26. The minimum Gasteiger partial charge on any atom is -0.324 e. The van der Waals surface area contributed by atoms with Crippen LogP contribution in [0, 0.1) is 0 Å². The molecule has 1 heteroatoms. The molecule has 0 fully saturated rings. The van der Waals surface area contributed by atoms with E-state index < -0.39 is 0 Å². The van der Waals surface area contributed by atoms with Crippen LogP contribution in [0.1, 0.15) is 445 Å². The van der Waals surface area contributed by atoms with Crippen LogP contribution < -0.4 is 0 Å². The summed E-state index contributed by atoms with van der Waals surface area (Å²) in [5.41, 5.74) is 0. The number of quaternary nitrogens is 1. The van der Waals surface area contributed by atoms with Gasteiger partial charge in [-0.2, -0.15) is 0 Å². The lowest BCUT2D eigenvalue weighted by Gasteiger charge is -2.40. The third-order valence-corrected chi connectivity index (χ3v) is 18.2. The van der Waals surface area contributed by atoms with Crippen LogP contribution in [-0.2, 0) is 0 Å². The molecule has 0 aliphatic rings. The third-order valence-electron chi connectivity index (χ3n) is 18.2. The Morgan fingerprint density at radius 2 is 0.189 bits per heavy atom. The Hall–Kier alpha value is -0.0400. The first-order chi connectivity index (χ1) is 36.7. The summed E-state index contributed by atoms with van der Waals surface area (Å²) in [6.07, 6.45) is 96.2. The van der Waals surface area contributed by atoms with Crippen molar-refractivity contribution in [2.45, 2.75) is 445 Å². The molecule has 74 heavy (non-hydrogen) atoms. The summed E-state index contributed by atoms with van der Waals surface area (Å²) in [6.45, 7) is 15.3. The van der Waals surface area contributed by atoms with Crippen LogP contribution in [0.5, 0.6) is 0 Å². The highest BCUT2D eigenvalue weighted by molar-refractivity contribution is 4.58. The first-order valence-electron chi connectivity index (χ1n) is 36.6. The van der Waals surface area contributed by atoms with Crippen molar-refractivity contribution in [3.8, 4) is 0 Å². The normalized spacial score (nSPS) is 12.0. The van der Waals surface area contributed by atoms with Crippen LogP contribution in [0.3, 0.4) is 0 Å². The van der Waals surface area contributed by atoms with Crippen molar-refractivity contribution in [2.24, 2.45) is 0 Å². The van der Waals surface area contributed by atoms with Gasteiger partial charge in [-0.1, -0.05) is 394 Å². The van der Waals surface area contributed by atoms with E-state index in [4.69, 9.17) is 0 Å². The second-order valence-corrected chi connectivity index (χ2v) is 25.8. The minimum atomic E-state index is 1.37. The van der Waals surface area contributed by atoms with E-state index in [0.717, 1.165) is 0 Å². The predicted molar refractivity (Wildman–Crippen MR) is 343 cm³/mol. The topological polar surface area (TPSA) is 0 Å². The summed E-state index contributed by atoms with van der Waals surface area (Å²) < 4.78 is 1.49. The van der Waals surface area contributed by atoms with Gasteiger partial charge in [0.15, 0.2) is 0 Å². The van der Waals surface area contributed by atoms with Gasteiger partial charge < -0.3 is 4.48 Å². The van der Waals surface area contributed by atoms with E-state index in [-0.39, 0.29) is 0 Å². The van der Waals surface area contributed by atoms with Crippen molar-refractivity contribution in [1.82, 2.24) is 0 Å². The third kappa shape index (κ3) is 61.2. The van der Waals surface area contributed by atoms with Gasteiger partial charge in [-0.05, 0) is 51.4 Å². The summed E-state index contributed by atoms with van der Waals surface area (Å²) in [4.78, 5) is 0. The average Bonchev–Trinajstić information content (AvgIpc) is 3.41. The molecule has 0 aromatic carbocycles. The zero-order valence-corrected chi connectivity index (χ0v) is 53.2. The van der Waals surface area contributed by atoms with Crippen molar-refractivity contribution in [3.63, 3.8) is 0 Å². The lowest BCUT2D eigenvalue weighted by atomic mass is 10.0. The largest absolute Gasteiger partial charge is 0.324 e. The van der Waals surface area contributed by atoms with Crippen molar-refractivity contribution in [3.05, 3.63) is 0 Å². The Bertz CT molecular complexity index is 847. The smallest absolute Gasteiger partial charge is 0.0786 e. The highest BCUT2D eigenvalue weighted by atomic mass is 15.3. The molecule has 0 spiro atoms. The fraction of sp³-hybridized carbons (Fsp3) is 1.00. The molecule has 0 saturated heterocycles. The summed E-state index contributed by atoms with van der Waals surface area (Å²) in [6, 6.07) is 0. The quantitative estimate of drug-likeness (QED) is 0.0421. The van der Waals surface area contributed by atoms with E-state index >= 15 is 0 Å². The molecule has 0 radical (unpaired) electrons. The second-order valence-electron chi connectivity index (χ2n) is 25.8. The lowest BCUT2D eigenvalue weighted by Crippen LogP contribution is -2.50. The van der Waals surface area contributed by atoms with Gasteiger partial charge in [0.1, 0.15) is 0 Å². The number of hydrogen-bond donors (Lipinski definition) is 0. The van der Waals surface area contributed by atoms with Crippen LogP contribution in [0.2, 0.25) is 0 Å². The van der Waals surface area contributed by atoms with Gasteiger partial charge >= 0.3 is 0 Å². The van der Waals surface area contributed by atoms with Gasteiger partial charge in [0.05, 0.1) is 26.2 Å². The molecular weight excluding hydrogens is 891 g/mol. The Kier molecular flexibility index (Phi) is 67.2. The van der Waals surface area contributed by atoms with E-state index in [2.05, 4.69) is 27.7 Å². The maximum Gasteiger partial charge on any atom is 0.0786 e. The summed E-state index contributed by atoms with van der Waals surface area (Å²) in [5, 5.41) is 0. The number of nitrogens with zero attached hydrogens (tertiary/aromatic N) is 1. The van der Waals surface area contributed by atoms with Gasteiger partial charge in [-0.25, -0.2) is 0 Å². The molecule has 1 nitrogen and oxygen atoms in total. The first-order valence-corrected chi connectivity index (χ1v) is 36.6. The molecule has 0 aromatic heterocycles. The van der Waals surface area contributed by atoms with Crippen molar-refractivity contribution >= 4 is 0 Å². The molecule has 0 amide bonds. The van der Waals surface area contributed by atoms with Crippen LogP contribution in [-0.4, -0.2) is 30.7 Å². The summed E-state index contributed by atoms with van der Waals surface area (Å²) in [7, 11) is 0. The highest BCUT2D eigenvalue weighted by Crippen LogP contribution is 2.23. The molecule has 0 atom stereocenters. The van der Waals surface area contributed by atoms with E-state index in [1.807, 2.05) is 0 Å². The zero-order chi connectivity index (χ0) is 53.3. The maximum atomic E-state index is 2.34. The fourth-order valence-corrected chi connectivity index (χ4v) is 12.8. The van der Waals surface area contributed by atoms with E-state index in [9.17, 15) is 0 Å². The number of unbranched alkanes of at least 4 members (excludes halogenated alkanes) is 61. The lowest BCUT2D eigenvalue weighted by molar-refractivity contribution is -0.929. The summed E-state index contributed by atoms with van der Waals surface area (Å²) in [5.74, 6) is 0. The molecule has 0 heterocycles. The molecule has 0 rings (SSSR count). The molecule has 0 aromatic rings. The van der Waals surface area contributed by atoms with E-state index in [0.29, 0.717) is 0 Å². The molecule has 0 bridgehead atoms. The predicted octanol–water partition coefficient (Wildman–Crippen LogP) is 27.2. The fourth-order valence-electron chi connectivity index (χ4n) is 12.8. The van der Waals surface area contributed by atoms with Crippen LogP contribution in [0.4, 0.5) is 0 Å². The molecular formula is C73H150N+. The van der Waals surface area contributed by atoms with Crippen molar-refractivity contribution < 1.29 is 4.48 Å². The van der Waals surface area contributed by atoms with Crippen LogP contribution >= 0.6 is 0 Å². The molecule has 0 N–H and O–H groups in total. The van der Waals surface area contributed by atoms with Gasteiger partial charge in [-0.3, -0.25) is 0 Å². The number of rotatable bonds is 69. The Morgan fingerprint density at radius 1 is 0.108 bits per heavy atom. The summed E-state index contributed by atoms with van der Waals surface area (Å²) >= 11 is 0. The Balaban J connectivity index is 4.95. The first kappa shape index (κ1) is 74.0. The van der Waals surface area contributed by atoms with Gasteiger partial charge in [0.25, 0.3) is 0 Å². The van der Waals surface area contributed by atoms with Crippen LogP contribution in [0.25, 0.3) is 0 Å². The van der Waals surface area contributed by atoms with E-state index in [1.54, 1.807) is 0 Å². The van der Waals surface area contributed by atoms with Crippen molar-refractivity contribution in [2.75, 3.05) is 26.2 Å². The standard InChI is InChI=1S/C73H150N/c1-5-9-13-17-21-25-29-33-37-40-43-47-51-55-59-63-67-71-74(70-66-62-58-54-50-46-36-32-28-24-20-16-12-8-4,72-68-64-60-56-52-48-44-41-38-34-30-26-22-18-14-10-6-2)73-69-65-61-57-53-49-45-42-39-35-31-27-23-19-15-11-7-3/h5-73H2,1-4H3/q+1. The SMILES string of the molecule is CCCCCCCCCCCCCCCCCCC[N+](CCCCCCCCCCCCCCCC)(CCCCCCCCCCCCCCCCCCC)CCCCCCCCCCCCCCCCCCC. The molecule has 0 aliphatic carbocycles. The number of hydrogen-bond acceptors (Lipinski definition) is 0. The van der Waals surface area contributed by atoms with Gasteiger partial charge in [0, 0.05) is 0 Å². The maximum absolute atomic E-state index is 2.34. The van der Waals surface area contributed by atoms with Gasteiger partial charge in [0.2, 0.25) is 0 Å². The average molecular weight is 1040 g/mol. The van der Waals surface area contributed by atoms with Gasteiger partial charge in [-0.15, -0.1) is 0 Å². The monoisotopic (exact) mass is 1040 g/mol. The van der Waals surface area contributed by atoms with E-state index in [1.165, 1.54) is 448 Å².